The summed E-state index contributed by atoms with van der Waals surface area (Å²) in [6.07, 6.45) is -3.96. The number of rotatable bonds is 3. The van der Waals surface area contributed by atoms with Crippen molar-refractivity contribution in [1.82, 2.24) is 4.98 Å². The van der Waals surface area contributed by atoms with Crippen LogP contribution < -0.4 is 10.1 Å². The first-order chi connectivity index (χ1) is 9.05. The van der Waals surface area contributed by atoms with Crippen LogP contribution in [0.3, 0.4) is 0 Å². The molecule has 0 bridgehead atoms. The van der Waals surface area contributed by atoms with Gasteiger partial charge in [0.25, 0.3) is 0 Å². The second kappa shape index (κ2) is 5.98. The van der Waals surface area contributed by atoms with Crippen molar-refractivity contribution in [3.05, 3.63) is 18.3 Å². The smallest absolute Gasteiger partial charge is 0.422 e. The van der Waals surface area contributed by atoms with Gasteiger partial charge in [-0.2, -0.15) is 13.2 Å². The molecule has 0 saturated carbocycles. The third kappa shape index (κ3) is 6.81. The first-order valence-corrected chi connectivity index (χ1v) is 5.71. The number of hydrogen-bond acceptors (Lipinski definition) is 4. The minimum atomic E-state index is -4.43. The summed E-state index contributed by atoms with van der Waals surface area (Å²) < 4.78 is 45.5. The fraction of sp³-hybridized carbons (Fsp3) is 0.500. The normalized spacial score (nSPS) is 11.9. The molecule has 112 valence electrons. The van der Waals surface area contributed by atoms with E-state index in [-0.39, 0.29) is 11.6 Å². The van der Waals surface area contributed by atoms with Crippen molar-refractivity contribution in [2.75, 3.05) is 11.9 Å². The molecular formula is C12H15F3N2O3. The number of aromatic nitrogens is 1. The topological polar surface area (TPSA) is 60.5 Å². The molecule has 1 heterocycles. The maximum Gasteiger partial charge on any atom is 0.422 e. The van der Waals surface area contributed by atoms with E-state index in [2.05, 4.69) is 15.0 Å². The van der Waals surface area contributed by atoms with E-state index < -0.39 is 24.5 Å². The Morgan fingerprint density at radius 1 is 1.35 bits per heavy atom. The maximum atomic E-state index is 12.0. The first kappa shape index (κ1) is 16.1. The van der Waals surface area contributed by atoms with Crippen molar-refractivity contribution in [2.24, 2.45) is 0 Å². The quantitative estimate of drug-likeness (QED) is 0.928. The molecule has 8 heteroatoms. The SMILES string of the molecule is CC(C)(C)OC(=O)Nc1cc(OCC(F)(F)F)ccn1. The molecule has 0 aliphatic rings. The van der Waals surface area contributed by atoms with E-state index in [1.165, 1.54) is 18.3 Å². The van der Waals surface area contributed by atoms with Gasteiger partial charge in [0.2, 0.25) is 0 Å². The summed E-state index contributed by atoms with van der Waals surface area (Å²) in [7, 11) is 0. The van der Waals surface area contributed by atoms with Gasteiger partial charge in [0.15, 0.2) is 6.61 Å². The Labute approximate surface area is 114 Å². The summed E-state index contributed by atoms with van der Waals surface area (Å²) >= 11 is 0. The largest absolute Gasteiger partial charge is 0.484 e. The molecule has 1 rings (SSSR count). The van der Waals surface area contributed by atoms with Gasteiger partial charge in [-0.05, 0) is 26.8 Å². The summed E-state index contributed by atoms with van der Waals surface area (Å²) in [5, 5.41) is 2.30. The van der Waals surface area contributed by atoms with E-state index >= 15 is 0 Å². The molecular weight excluding hydrogens is 277 g/mol. The average Bonchev–Trinajstić information content (AvgIpc) is 2.23. The van der Waals surface area contributed by atoms with Crippen LogP contribution in [-0.4, -0.2) is 29.5 Å². The highest BCUT2D eigenvalue weighted by atomic mass is 19.4. The number of amides is 1. The molecule has 0 aliphatic heterocycles. The van der Waals surface area contributed by atoms with Gasteiger partial charge in [0, 0.05) is 12.3 Å². The number of hydrogen-bond donors (Lipinski definition) is 1. The molecule has 0 unspecified atom stereocenters. The van der Waals surface area contributed by atoms with Gasteiger partial charge < -0.3 is 9.47 Å². The van der Waals surface area contributed by atoms with Gasteiger partial charge in [-0.3, -0.25) is 5.32 Å². The predicted octanol–water partition coefficient (Wildman–Crippen LogP) is 3.37. The van der Waals surface area contributed by atoms with E-state index in [0.717, 1.165) is 0 Å². The standard InChI is InChI=1S/C12H15F3N2O3/c1-11(2,3)20-10(18)17-9-6-8(4-5-16-9)19-7-12(13,14)15/h4-6H,7H2,1-3H3,(H,16,17,18). The van der Waals surface area contributed by atoms with Crippen LogP contribution in [0.1, 0.15) is 20.8 Å². The fourth-order valence-electron chi connectivity index (χ4n) is 1.14. The molecule has 0 radical (unpaired) electrons. The van der Waals surface area contributed by atoms with E-state index in [4.69, 9.17) is 4.74 Å². The van der Waals surface area contributed by atoms with Crippen molar-refractivity contribution in [3.8, 4) is 5.75 Å². The lowest BCUT2D eigenvalue weighted by atomic mass is 10.2. The van der Waals surface area contributed by atoms with Crippen LogP contribution >= 0.6 is 0 Å². The molecule has 0 saturated heterocycles. The molecule has 0 aromatic carbocycles. The zero-order chi connectivity index (χ0) is 15.4. The van der Waals surface area contributed by atoms with E-state index in [0.29, 0.717) is 0 Å². The second-order valence-corrected chi connectivity index (χ2v) is 4.91. The number of halogens is 3. The zero-order valence-electron chi connectivity index (χ0n) is 11.2. The molecule has 1 aromatic rings. The summed E-state index contributed by atoms with van der Waals surface area (Å²) in [5.74, 6) is -0.0118. The lowest BCUT2D eigenvalue weighted by Crippen LogP contribution is -2.27. The zero-order valence-corrected chi connectivity index (χ0v) is 11.2. The molecule has 1 amide bonds. The van der Waals surface area contributed by atoms with Crippen molar-refractivity contribution in [2.45, 2.75) is 32.5 Å². The number of nitrogens with zero attached hydrogens (tertiary/aromatic N) is 1. The lowest BCUT2D eigenvalue weighted by Gasteiger charge is -2.19. The van der Waals surface area contributed by atoms with Crippen LogP contribution in [0.15, 0.2) is 18.3 Å². The van der Waals surface area contributed by atoms with Gasteiger partial charge >= 0.3 is 12.3 Å². The van der Waals surface area contributed by atoms with Gasteiger partial charge in [-0.25, -0.2) is 9.78 Å². The predicted molar refractivity (Wildman–Crippen MR) is 65.6 cm³/mol. The highest BCUT2D eigenvalue weighted by molar-refractivity contribution is 5.83. The Kier molecular flexibility index (Phi) is 4.80. The number of ether oxygens (including phenoxy) is 2. The second-order valence-electron chi connectivity index (χ2n) is 4.91. The summed E-state index contributed by atoms with van der Waals surface area (Å²) in [5.41, 5.74) is -0.686. The van der Waals surface area contributed by atoms with Crippen molar-refractivity contribution in [1.29, 1.82) is 0 Å². The van der Waals surface area contributed by atoms with Crippen LogP contribution in [0.5, 0.6) is 5.75 Å². The molecule has 5 nitrogen and oxygen atoms in total. The number of pyridine rings is 1. The third-order valence-electron chi connectivity index (χ3n) is 1.76. The van der Waals surface area contributed by atoms with Crippen molar-refractivity contribution in [3.63, 3.8) is 0 Å². The summed E-state index contributed by atoms with van der Waals surface area (Å²) in [4.78, 5) is 15.2. The van der Waals surface area contributed by atoms with Gasteiger partial charge in [-0.1, -0.05) is 0 Å². The molecule has 0 fully saturated rings. The van der Waals surface area contributed by atoms with E-state index in [9.17, 15) is 18.0 Å². The summed E-state index contributed by atoms with van der Waals surface area (Å²) in [6, 6.07) is 2.43. The number of carbonyl (C=O) groups is 1. The molecule has 1 aromatic heterocycles. The number of carbonyl (C=O) groups excluding carboxylic acids is 1. The van der Waals surface area contributed by atoms with E-state index in [1.54, 1.807) is 20.8 Å². The van der Waals surface area contributed by atoms with Crippen LogP contribution in [0.4, 0.5) is 23.8 Å². The Bertz CT molecular complexity index is 470. The number of anilines is 1. The Morgan fingerprint density at radius 2 is 2.00 bits per heavy atom. The fourth-order valence-corrected chi connectivity index (χ4v) is 1.14. The van der Waals surface area contributed by atoms with Crippen molar-refractivity contribution < 1.29 is 27.4 Å². The third-order valence-corrected chi connectivity index (χ3v) is 1.76. The number of nitrogens with one attached hydrogen (secondary N) is 1. The monoisotopic (exact) mass is 292 g/mol. The van der Waals surface area contributed by atoms with Crippen molar-refractivity contribution >= 4 is 11.9 Å². The van der Waals surface area contributed by atoms with Gasteiger partial charge in [-0.15, -0.1) is 0 Å². The molecule has 0 atom stereocenters. The Hall–Kier alpha value is -1.99. The van der Waals surface area contributed by atoms with Gasteiger partial charge in [0.05, 0.1) is 0 Å². The van der Waals surface area contributed by atoms with Crippen LogP contribution in [-0.2, 0) is 4.74 Å². The molecule has 1 N–H and O–H groups in total. The Balaban J connectivity index is 2.62. The summed E-state index contributed by atoms with van der Waals surface area (Å²) in [6.45, 7) is 3.64. The lowest BCUT2D eigenvalue weighted by molar-refractivity contribution is -0.153. The average molecular weight is 292 g/mol. The molecule has 20 heavy (non-hydrogen) atoms. The molecule has 0 spiro atoms. The minimum Gasteiger partial charge on any atom is -0.484 e. The first-order valence-electron chi connectivity index (χ1n) is 5.71. The van der Waals surface area contributed by atoms with Gasteiger partial charge in [0.1, 0.15) is 17.2 Å². The van der Waals surface area contributed by atoms with E-state index in [1.807, 2.05) is 0 Å². The Morgan fingerprint density at radius 3 is 2.55 bits per heavy atom. The van der Waals surface area contributed by atoms with Crippen LogP contribution in [0.2, 0.25) is 0 Å². The minimum absolute atomic E-state index is 0.0407. The van der Waals surface area contributed by atoms with Crippen LogP contribution in [0.25, 0.3) is 0 Å². The number of alkyl halides is 3. The maximum absolute atomic E-state index is 12.0. The van der Waals surface area contributed by atoms with Crippen LogP contribution in [0, 0.1) is 0 Å². The molecule has 0 aliphatic carbocycles. The highest BCUT2D eigenvalue weighted by Gasteiger charge is 2.28. The highest BCUT2D eigenvalue weighted by Crippen LogP contribution is 2.20.